The van der Waals surface area contributed by atoms with Crippen LogP contribution in [0.25, 0.3) is 0 Å². The highest BCUT2D eigenvalue weighted by Crippen LogP contribution is 2.13. The van der Waals surface area contributed by atoms with E-state index in [0.717, 1.165) is 31.7 Å². The number of carbonyl (C=O) groups excluding carboxylic acids is 1. The van der Waals surface area contributed by atoms with E-state index in [2.05, 4.69) is 0 Å². The molecule has 1 amide bonds. The molecule has 2 N–H and O–H groups in total. The zero-order valence-electron chi connectivity index (χ0n) is 11.5. The molecular formula is C15H22N2O2. The maximum absolute atomic E-state index is 12.0. The number of nitrogens with two attached hydrogens (primary N) is 1. The van der Waals surface area contributed by atoms with Crippen molar-refractivity contribution in [3.63, 3.8) is 0 Å². The molecule has 1 aromatic carbocycles. The van der Waals surface area contributed by atoms with Crippen molar-refractivity contribution in [1.29, 1.82) is 0 Å². The number of carbonyl (C=O) groups is 1. The van der Waals surface area contributed by atoms with Crippen molar-refractivity contribution in [1.82, 2.24) is 4.90 Å². The molecule has 2 rings (SSSR count). The van der Waals surface area contributed by atoms with E-state index in [9.17, 15) is 4.79 Å². The van der Waals surface area contributed by atoms with Gasteiger partial charge in [-0.05, 0) is 31.9 Å². The van der Waals surface area contributed by atoms with Gasteiger partial charge in [-0.2, -0.15) is 0 Å². The molecule has 1 aliphatic rings. The Morgan fingerprint density at radius 1 is 1.32 bits per heavy atom. The SMILES string of the molecule is Cc1ccc(OCCC(=O)N2CCC(N)CC2)cc1. The number of ether oxygens (including phenoxy) is 1. The second-order valence-electron chi connectivity index (χ2n) is 5.13. The lowest BCUT2D eigenvalue weighted by Crippen LogP contribution is -2.43. The van der Waals surface area contributed by atoms with Gasteiger partial charge >= 0.3 is 0 Å². The van der Waals surface area contributed by atoms with Gasteiger partial charge in [-0.25, -0.2) is 0 Å². The molecule has 1 aromatic rings. The smallest absolute Gasteiger partial charge is 0.225 e. The van der Waals surface area contributed by atoms with Crippen molar-refractivity contribution in [3.05, 3.63) is 29.8 Å². The number of benzene rings is 1. The molecule has 0 saturated carbocycles. The average molecular weight is 262 g/mol. The number of aryl methyl sites for hydroxylation is 1. The molecule has 1 fully saturated rings. The van der Waals surface area contributed by atoms with Crippen LogP contribution in [0.15, 0.2) is 24.3 Å². The molecule has 0 bridgehead atoms. The third-order valence-electron chi connectivity index (χ3n) is 3.50. The molecule has 4 heteroatoms. The summed E-state index contributed by atoms with van der Waals surface area (Å²) in [7, 11) is 0. The van der Waals surface area contributed by atoms with Gasteiger partial charge in [-0.1, -0.05) is 17.7 Å². The van der Waals surface area contributed by atoms with Gasteiger partial charge in [0.05, 0.1) is 13.0 Å². The van der Waals surface area contributed by atoms with Crippen LogP contribution in [-0.2, 0) is 4.79 Å². The first-order chi connectivity index (χ1) is 9.15. The second kappa shape index (κ2) is 6.57. The molecule has 0 aliphatic carbocycles. The van der Waals surface area contributed by atoms with E-state index >= 15 is 0 Å². The third-order valence-corrected chi connectivity index (χ3v) is 3.50. The van der Waals surface area contributed by atoms with Crippen molar-refractivity contribution in [3.8, 4) is 5.75 Å². The summed E-state index contributed by atoms with van der Waals surface area (Å²) in [5.41, 5.74) is 7.02. The Kier molecular flexibility index (Phi) is 4.80. The number of rotatable bonds is 4. The number of amides is 1. The highest BCUT2D eigenvalue weighted by molar-refractivity contribution is 5.76. The molecule has 0 atom stereocenters. The predicted molar refractivity (Wildman–Crippen MR) is 75.1 cm³/mol. The van der Waals surface area contributed by atoms with Crippen molar-refractivity contribution in [2.75, 3.05) is 19.7 Å². The van der Waals surface area contributed by atoms with Crippen molar-refractivity contribution in [2.24, 2.45) is 5.73 Å². The van der Waals surface area contributed by atoms with Crippen LogP contribution >= 0.6 is 0 Å². The van der Waals surface area contributed by atoms with Gasteiger partial charge < -0.3 is 15.4 Å². The monoisotopic (exact) mass is 262 g/mol. The first-order valence-electron chi connectivity index (χ1n) is 6.88. The Bertz CT molecular complexity index is 409. The van der Waals surface area contributed by atoms with E-state index in [-0.39, 0.29) is 11.9 Å². The van der Waals surface area contributed by atoms with Crippen LogP contribution in [0.1, 0.15) is 24.8 Å². The van der Waals surface area contributed by atoms with E-state index in [1.54, 1.807) is 0 Å². The van der Waals surface area contributed by atoms with Gasteiger partial charge in [0.1, 0.15) is 5.75 Å². The number of hydrogen-bond acceptors (Lipinski definition) is 3. The topological polar surface area (TPSA) is 55.6 Å². The standard InChI is InChI=1S/C15H22N2O2/c1-12-2-4-14(5-3-12)19-11-8-15(18)17-9-6-13(16)7-10-17/h2-5,13H,6-11,16H2,1H3. The highest BCUT2D eigenvalue weighted by atomic mass is 16.5. The van der Waals surface area contributed by atoms with E-state index in [4.69, 9.17) is 10.5 Å². The van der Waals surface area contributed by atoms with Crippen LogP contribution in [0.4, 0.5) is 0 Å². The maximum atomic E-state index is 12.0. The lowest BCUT2D eigenvalue weighted by Gasteiger charge is -2.30. The van der Waals surface area contributed by atoms with Gasteiger partial charge in [-0.3, -0.25) is 4.79 Å². The first kappa shape index (κ1) is 13.9. The molecule has 4 nitrogen and oxygen atoms in total. The molecule has 0 aromatic heterocycles. The van der Waals surface area contributed by atoms with Gasteiger partial charge in [0.2, 0.25) is 5.91 Å². The van der Waals surface area contributed by atoms with Crippen LogP contribution in [-0.4, -0.2) is 36.5 Å². The molecule has 104 valence electrons. The minimum atomic E-state index is 0.166. The van der Waals surface area contributed by atoms with E-state index < -0.39 is 0 Å². The summed E-state index contributed by atoms with van der Waals surface area (Å²) in [6, 6.07) is 8.12. The molecule has 0 spiro atoms. The molecule has 0 unspecified atom stereocenters. The fourth-order valence-corrected chi connectivity index (χ4v) is 2.20. The maximum Gasteiger partial charge on any atom is 0.225 e. The third kappa shape index (κ3) is 4.24. The normalized spacial score (nSPS) is 16.4. The van der Waals surface area contributed by atoms with Crippen molar-refractivity contribution in [2.45, 2.75) is 32.2 Å². The zero-order chi connectivity index (χ0) is 13.7. The van der Waals surface area contributed by atoms with Crippen LogP contribution in [0.3, 0.4) is 0 Å². The van der Waals surface area contributed by atoms with Crippen LogP contribution < -0.4 is 10.5 Å². The van der Waals surface area contributed by atoms with E-state index in [1.807, 2.05) is 36.1 Å². The summed E-state index contributed by atoms with van der Waals surface area (Å²) in [5, 5.41) is 0. The molecule has 1 heterocycles. The van der Waals surface area contributed by atoms with Gasteiger partial charge in [-0.15, -0.1) is 0 Å². The Balaban J connectivity index is 1.70. The van der Waals surface area contributed by atoms with Crippen LogP contribution in [0.2, 0.25) is 0 Å². The van der Waals surface area contributed by atoms with E-state index in [0.29, 0.717) is 13.0 Å². The van der Waals surface area contributed by atoms with Gasteiger partial charge in [0, 0.05) is 19.1 Å². The van der Waals surface area contributed by atoms with Gasteiger partial charge in [0.25, 0.3) is 0 Å². The van der Waals surface area contributed by atoms with Crippen LogP contribution in [0, 0.1) is 6.92 Å². The summed E-state index contributed by atoms with van der Waals surface area (Å²) in [6.07, 6.45) is 2.25. The Labute approximate surface area is 114 Å². The molecule has 0 radical (unpaired) electrons. The Morgan fingerprint density at radius 2 is 1.95 bits per heavy atom. The average Bonchev–Trinajstić information content (AvgIpc) is 2.41. The summed E-state index contributed by atoms with van der Waals surface area (Å²) >= 11 is 0. The Hall–Kier alpha value is -1.55. The van der Waals surface area contributed by atoms with Crippen molar-refractivity contribution >= 4 is 5.91 Å². The minimum absolute atomic E-state index is 0.166. The fraction of sp³-hybridized carbons (Fsp3) is 0.533. The number of likely N-dealkylation sites (tertiary alicyclic amines) is 1. The quantitative estimate of drug-likeness (QED) is 0.898. The van der Waals surface area contributed by atoms with E-state index in [1.165, 1.54) is 5.56 Å². The summed E-state index contributed by atoms with van der Waals surface area (Å²) in [6.45, 7) is 4.04. The highest BCUT2D eigenvalue weighted by Gasteiger charge is 2.20. The van der Waals surface area contributed by atoms with Crippen LogP contribution in [0.5, 0.6) is 5.75 Å². The predicted octanol–water partition coefficient (Wildman–Crippen LogP) is 1.71. The molecule has 19 heavy (non-hydrogen) atoms. The molecular weight excluding hydrogens is 240 g/mol. The lowest BCUT2D eigenvalue weighted by atomic mass is 10.1. The van der Waals surface area contributed by atoms with Crippen molar-refractivity contribution < 1.29 is 9.53 Å². The minimum Gasteiger partial charge on any atom is -0.493 e. The van der Waals surface area contributed by atoms with Gasteiger partial charge in [0.15, 0.2) is 0 Å². The summed E-state index contributed by atoms with van der Waals surface area (Å²) < 4.78 is 5.57. The number of nitrogens with zero attached hydrogens (tertiary/aromatic N) is 1. The number of piperidine rings is 1. The lowest BCUT2D eigenvalue weighted by molar-refractivity contribution is -0.132. The number of hydrogen-bond donors (Lipinski definition) is 1. The second-order valence-corrected chi connectivity index (χ2v) is 5.13. The molecule has 1 aliphatic heterocycles. The molecule has 1 saturated heterocycles. The Morgan fingerprint density at radius 3 is 2.58 bits per heavy atom. The zero-order valence-corrected chi connectivity index (χ0v) is 11.5. The summed E-state index contributed by atoms with van der Waals surface area (Å²) in [4.78, 5) is 13.8. The largest absolute Gasteiger partial charge is 0.493 e. The first-order valence-corrected chi connectivity index (χ1v) is 6.88. The fourth-order valence-electron chi connectivity index (χ4n) is 2.20. The summed E-state index contributed by atoms with van der Waals surface area (Å²) in [5.74, 6) is 0.984.